The van der Waals surface area contributed by atoms with Gasteiger partial charge in [0.25, 0.3) is 0 Å². The molecule has 1 heterocycles. The molecule has 0 aliphatic heterocycles. The summed E-state index contributed by atoms with van der Waals surface area (Å²) in [5.41, 5.74) is 3.34. The van der Waals surface area contributed by atoms with Crippen molar-refractivity contribution >= 4 is 10.9 Å². The van der Waals surface area contributed by atoms with Crippen LogP contribution in [0.4, 0.5) is 4.39 Å². The van der Waals surface area contributed by atoms with Crippen molar-refractivity contribution in [2.75, 3.05) is 6.61 Å². The molecule has 0 spiro atoms. The van der Waals surface area contributed by atoms with Crippen LogP contribution in [0.1, 0.15) is 31.9 Å². The van der Waals surface area contributed by atoms with E-state index in [2.05, 4.69) is 55.0 Å². The monoisotopic (exact) mass is 323 g/mol. The highest BCUT2D eigenvalue weighted by atomic mass is 18.2. The number of rotatable bonds is 4. The van der Waals surface area contributed by atoms with Crippen LogP contribution in [-0.2, 0) is 11.8 Å². The van der Waals surface area contributed by atoms with Crippen LogP contribution >= 0.6 is 0 Å². The Hall–Kier alpha value is -2.49. The molecule has 3 nitrogen and oxygen atoms in total. The lowest BCUT2D eigenvalue weighted by molar-refractivity contribution is 0.313. The maximum Gasteiger partial charge on any atom is 0.224 e. The van der Waals surface area contributed by atoms with Crippen LogP contribution in [0.25, 0.3) is 10.9 Å². The first-order chi connectivity index (χ1) is 11.4. The van der Waals surface area contributed by atoms with Gasteiger partial charge in [0.05, 0.1) is 17.5 Å². The second kappa shape index (κ2) is 6.56. The molecule has 124 valence electrons. The summed E-state index contributed by atoms with van der Waals surface area (Å²) in [6, 6.07) is 13.0. The fourth-order valence-electron chi connectivity index (χ4n) is 2.56. The molecule has 0 atom stereocenters. The molecule has 24 heavy (non-hydrogen) atoms. The van der Waals surface area contributed by atoms with Gasteiger partial charge in [0.15, 0.2) is 0 Å². The SMILES string of the molecule is CC(C)(C)c1ccc(CCOc2ncnc3ccc([18F])cc23)cc1. The first-order valence-electron chi connectivity index (χ1n) is 8.06. The minimum Gasteiger partial charge on any atom is -0.477 e. The average Bonchev–Trinajstić information content (AvgIpc) is 2.55. The zero-order valence-electron chi connectivity index (χ0n) is 14.2. The van der Waals surface area contributed by atoms with E-state index in [1.54, 1.807) is 6.07 Å². The van der Waals surface area contributed by atoms with Crippen LogP contribution in [0.2, 0.25) is 0 Å². The molecule has 0 radical (unpaired) electrons. The lowest BCUT2D eigenvalue weighted by atomic mass is 9.86. The molecule has 0 aliphatic carbocycles. The van der Waals surface area contributed by atoms with Crippen LogP contribution < -0.4 is 4.74 Å². The molecule has 3 rings (SSSR count). The molecular formula is C20H21FN2O. The third kappa shape index (κ3) is 3.70. The van der Waals surface area contributed by atoms with Gasteiger partial charge in [0.2, 0.25) is 5.88 Å². The van der Waals surface area contributed by atoms with Gasteiger partial charge in [-0.3, -0.25) is 0 Å². The van der Waals surface area contributed by atoms with E-state index < -0.39 is 0 Å². The summed E-state index contributed by atoms with van der Waals surface area (Å²) in [4.78, 5) is 8.25. The standard InChI is InChI=1S/C20H21FN2O/c1-20(2,3)15-6-4-14(5-7-15)10-11-24-19-17-12-16(21)8-9-18(17)22-13-23-19/h4-9,12-13H,10-11H2,1-3H3/i21-1. The zero-order valence-corrected chi connectivity index (χ0v) is 14.2. The van der Waals surface area contributed by atoms with Gasteiger partial charge >= 0.3 is 0 Å². The highest BCUT2D eigenvalue weighted by Gasteiger charge is 2.12. The van der Waals surface area contributed by atoms with Crippen LogP contribution in [-0.4, -0.2) is 16.6 Å². The van der Waals surface area contributed by atoms with Crippen molar-refractivity contribution in [3.05, 3.63) is 65.7 Å². The van der Waals surface area contributed by atoms with E-state index in [0.717, 1.165) is 6.42 Å². The summed E-state index contributed by atoms with van der Waals surface area (Å²) in [5.74, 6) is 0.103. The van der Waals surface area contributed by atoms with Gasteiger partial charge in [-0.2, -0.15) is 0 Å². The van der Waals surface area contributed by atoms with Crippen LogP contribution in [0, 0.1) is 5.82 Å². The maximum absolute atomic E-state index is 13.4. The lowest BCUT2D eigenvalue weighted by Gasteiger charge is -2.19. The van der Waals surface area contributed by atoms with Gasteiger partial charge in [-0.25, -0.2) is 14.4 Å². The minimum absolute atomic E-state index is 0.152. The van der Waals surface area contributed by atoms with Crippen molar-refractivity contribution in [1.29, 1.82) is 0 Å². The second-order valence-electron chi connectivity index (χ2n) is 6.89. The predicted octanol–water partition coefficient (Wildman–Crippen LogP) is 4.69. The van der Waals surface area contributed by atoms with Gasteiger partial charge in [-0.05, 0) is 34.7 Å². The molecule has 2 aromatic carbocycles. The summed E-state index contributed by atoms with van der Waals surface area (Å²) in [7, 11) is 0. The van der Waals surface area contributed by atoms with E-state index in [4.69, 9.17) is 4.74 Å². The predicted molar refractivity (Wildman–Crippen MR) is 93.8 cm³/mol. The van der Waals surface area contributed by atoms with Crippen molar-refractivity contribution in [2.45, 2.75) is 32.6 Å². The van der Waals surface area contributed by atoms with Crippen LogP contribution in [0.15, 0.2) is 48.8 Å². The Morgan fingerprint density at radius 3 is 2.46 bits per heavy atom. The number of benzene rings is 2. The van der Waals surface area contributed by atoms with Gasteiger partial charge in [-0.1, -0.05) is 45.0 Å². The van der Waals surface area contributed by atoms with Crippen molar-refractivity contribution in [3.63, 3.8) is 0 Å². The fourth-order valence-corrected chi connectivity index (χ4v) is 2.56. The van der Waals surface area contributed by atoms with Crippen molar-refractivity contribution in [2.24, 2.45) is 0 Å². The normalized spacial score (nSPS) is 11.7. The molecule has 0 bridgehead atoms. The largest absolute Gasteiger partial charge is 0.477 e. The van der Waals surface area contributed by atoms with Gasteiger partial charge in [0.1, 0.15) is 12.1 Å². The lowest BCUT2D eigenvalue weighted by Crippen LogP contribution is -2.11. The molecule has 1 aromatic heterocycles. The van der Waals surface area contributed by atoms with Crippen LogP contribution in [0.3, 0.4) is 0 Å². The molecule has 0 fully saturated rings. The molecule has 0 saturated heterocycles. The molecular weight excluding hydrogens is 302 g/mol. The second-order valence-corrected chi connectivity index (χ2v) is 6.89. The Balaban J connectivity index is 1.68. The first-order valence-corrected chi connectivity index (χ1v) is 8.06. The van der Waals surface area contributed by atoms with Gasteiger partial charge in [-0.15, -0.1) is 0 Å². The molecule has 0 unspecified atom stereocenters. The Bertz CT molecular complexity index is 838. The Kier molecular flexibility index (Phi) is 4.47. The summed E-state index contributed by atoms with van der Waals surface area (Å²) in [6.45, 7) is 7.08. The molecule has 3 aromatic rings. The average molecular weight is 323 g/mol. The van der Waals surface area contributed by atoms with E-state index in [-0.39, 0.29) is 11.2 Å². The number of nitrogens with zero attached hydrogens (tertiary/aromatic N) is 2. The van der Waals surface area contributed by atoms with E-state index in [1.807, 2.05) is 0 Å². The summed E-state index contributed by atoms with van der Waals surface area (Å²) in [5, 5.41) is 0.598. The molecule has 4 heteroatoms. The van der Waals surface area contributed by atoms with E-state index >= 15 is 0 Å². The Morgan fingerprint density at radius 2 is 1.75 bits per heavy atom. The van der Waals surface area contributed by atoms with Gasteiger partial charge < -0.3 is 4.74 Å². The van der Waals surface area contributed by atoms with Crippen molar-refractivity contribution < 1.29 is 9.13 Å². The third-order valence-electron chi connectivity index (χ3n) is 4.01. The first kappa shape index (κ1) is 16.4. The summed E-state index contributed by atoms with van der Waals surface area (Å²) in [6.07, 6.45) is 2.21. The number of hydrogen-bond acceptors (Lipinski definition) is 3. The smallest absolute Gasteiger partial charge is 0.224 e. The number of fused-ring (bicyclic) bond motifs is 1. The number of halogens is 1. The van der Waals surface area contributed by atoms with Crippen molar-refractivity contribution in [3.8, 4) is 5.88 Å². The molecule has 0 amide bonds. The number of hydrogen-bond donors (Lipinski definition) is 0. The topological polar surface area (TPSA) is 35.0 Å². The molecule has 0 aliphatic rings. The van der Waals surface area contributed by atoms with Crippen LogP contribution in [0.5, 0.6) is 5.88 Å². The number of ether oxygens (including phenoxy) is 1. The Labute approximate surface area is 141 Å². The third-order valence-corrected chi connectivity index (χ3v) is 4.01. The molecule has 0 N–H and O–H groups in total. The summed E-state index contributed by atoms with van der Waals surface area (Å²) >= 11 is 0. The highest BCUT2D eigenvalue weighted by Crippen LogP contribution is 2.23. The molecule has 0 saturated carbocycles. The minimum atomic E-state index is -0.320. The highest BCUT2D eigenvalue weighted by molar-refractivity contribution is 5.83. The quantitative estimate of drug-likeness (QED) is 0.699. The van der Waals surface area contributed by atoms with E-state index in [1.165, 1.54) is 29.6 Å². The Morgan fingerprint density at radius 1 is 1.00 bits per heavy atom. The van der Waals surface area contributed by atoms with Gasteiger partial charge in [0, 0.05) is 6.42 Å². The van der Waals surface area contributed by atoms with E-state index in [0.29, 0.717) is 23.4 Å². The maximum atomic E-state index is 13.4. The fraction of sp³-hybridized carbons (Fsp3) is 0.300. The summed E-state index contributed by atoms with van der Waals surface area (Å²) < 4.78 is 19.2. The zero-order chi connectivity index (χ0) is 17.2. The van der Waals surface area contributed by atoms with Crippen molar-refractivity contribution in [1.82, 2.24) is 9.97 Å². The number of aromatic nitrogens is 2. The van der Waals surface area contributed by atoms with E-state index in [9.17, 15) is 4.39 Å².